The molecule has 20 heavy (non-hydrogen) atoms. The number of nitrogens with zero attached hydrogens (tertiary/aromatic N) is 1. The lowest BCUT2D eigenvalue weighted by molar-refractivity contribution is 0.0472. The number of anilines is 1. The Labute approximate surface area is 117 Å². The molecule has 0 spiro atoms. The van der Waals surface area contributed by atoms with Crippen LogP contribution in [0.5, 0.6) is 0 Å². The van der Waals surface area contributed by atoms with Crippen molar-refractivity contribution in [2.75, 3.05) is 5.73 Å². The molecule has 2 N–H and O–H groups in total. The van der Waals surface area contributed by atoms with E-state index in [9.17, 15) is 4.79 Å². The molecule has 0 aliphatic heterocycles. The Balaban J connectivity index is 2.02. The lowest BCUT2D eigenvalue weighted by atomic mass is 10.1. The van der Waals surface area contributed by atoms with Crippen molar-refractivity contribution >= 4 is 11.7 Å². The van der Waals surface area contributed by atoms with Crippen molar-refractivity contribution in [3.05, 3.63) is 64.7 Å². The summed E-state index contributed by atoms with van der Waals surface area (Å²) in [6, 6.07) is 14.0. The molecule has 0 aliphatic carbocycles. The summed E-state index contributed by atoms with van der Waals surface area (Å²) >= 11 is 0. The first-order valence-electron chi connectivity index (χ1n) is 6.12. The number of aryl methyl sites for hydroxylation is 1. The average Bonchev–Trinajstić information content (AvgIpc) is 2.44. The number of hydrogen-bond donors (Lipinski definition) is 1. The van der Waals surface area contributed by atoms with Gasteiger partial charge in [-0.1, -0.05) is 12.1 Å². The second-order valence-corrected chi connectivity index (χ2v) is 4.52. The van der Waals surface area contributed by atoms with Gasteiger partial charge in [0.05, 0.1) is 17.2 Å². The highest BCUT2D eigenvalue weighted by Crippen LogP contribution is 2.13. The van der Waals surface area contributed by atoms with Gasteiger partial charge in [-0.2, -0.15) is 5.26 Å². The number of carbonyl (C=O) groups excluding carboxylic acids is 1. The SMILES string of the molecule is Cc1cc(N)cc(C(=O)OCc2ccc(C#N)cc2)c1. The number of benzene rings is 2. The van der Waals surface area contributed by atoms with Gasteiger partial charge in [-0.3, -0.25) is 0 Å². The van der Waals surface area contributed by atoms with Crippen LogP contribution in [0.25, 0.3) is 0 Å². The van der Waals surface area contributed by atoms with E-state index in [4.69, 9.17) is 15.7 Å². The zero-order valence-corrected chi connectivity index (χ0v) is 11.1. The second kappa shape index (κ2) is 5.89. The molecule has 0 unspecified atom stereocenters. The van der Waals surface area contributed by atoms with Gasteiger partial charge < -0.3 is 10.5 Å². The molecular formula is C16H14N2O2. The number of carbonyl (C=O) groups is 1. The highest BCUT2D eigenvalue weighted by atomic mass is 16.5. The maximum Gasteiger partial charge on any atom is 0.338 e. The monoisotopic (exact) mass is 266 g/mol. The topological polar surface area (TPSA) is 76.1 Å². The fraction of sp³-hybridized carbons (Fsp3) is 0.125. The van der Waals surface area contributed by atoms with Crippen molar-refractivity contribution in [3.63, 3.8) is 0 Å². The summed E-state index contributed by atoms with van der Waals surface area (Å²) in [4.78, 5) is 11.9. The van der Waals surface area contributed by atoms with Gasteiger partial charge in [0.25, 0.3) is 0 Å². The van der Waals surface area contributed by atoms with Crippen LogP contribution in [0.1, 0.15) is 27.0 Å². The van der Waals surface area contributed by atoms with Crippen LogP contribution in [0, 0.1) is 18.3 Å². The minimum Gasteiger partial charge on any atom is -0.457 e. The fourth-order valence-corrected chi connectivity index (χ4v) is 1.84. The van der Waals surface area contributed by atoms with Crippen molar-refractivity contribution in [2.24, 2.45) is 0 Å². The molecule has 4 heteroatoms. The molecule has 0 heterocycles. The Morgan fingerprint density at radius 1 is 1.25 bits per heavy atom. The van der Waals surface area contributed by atoms with Gasteiger partial charge in [-0.25, -0.2) is 4.79 Å². The summed E-state index contributed by atoms with van der Waals surface area (Å²) in [6.07, 6.45) is 0. The number of ether oxygens (including phenoxy) is 1. The first kappa shape index (κ1) is 13.6. The molecule has 4 nitrogen and oxygen atoms in total. The minimum absolute atomic E-state index is 0.165. The molecule has 0 atom stereocenters. The first-order valence-corrected chi connectivity index (χ1v) is 6.12. The van der Waals surface area contributed by atoms with E-state index in [0.29, 0.717) is 16.8 Å². The van der Waals surface area contributed by atoms with Gasteiger partial charge in [0.2, 0.25) is 0 Å². The largest absolute Gasteiger partial charge is 0.457 e. The summed E-state index contributed by atoms with van der Waals surface area (Å²) in [5, 5.41) is 8.70. The highest BCUT2D eigenvalue weighted by Gasteiger charge is 2.08. The second-order valence-electron chi connectivity index (χ2n) is 4.52. The third-order valence-electron chi connectivity index (χ3n) is 2.79. The average molecular weight is 266 g/mol. The standard InChI is InChI=1S/C16H14N2O2/c1-11-6-14(8-15(18)7-11)16(19)20-10-13-4-2-12(9-17)3-5-13/h2-8H,10,18H2,1H3. The molecule has 0 aliphatic rings. The fourth-order valence-electron chi connectivity index (χ4n) is 1.84. The maximum absolute atomic E-state index is 11.9. The maximum atomic E-state index is 11.9. The van der Waals surface area contributed by atoms with Crippen LogP contribution in [0.15, 0.2) is 42.5 Å². The van der Waals surface area contributed by atoms with Gasteiger partial charge in [-0.15, -0.1) is 0 Å². The van der Waals surface area contributed by atoms with Crippen LogP contribution < -0.4 is 5.73 Å². The van der Waals surface area contributed by atoms with E-state index in [1.807, 2.05) is 13.0 Å². The van der Waals surface area contributed by atoms with Crippen molar-refractivity contribution in [1.29, 1.82) is 5.26 Å². The van der Waals surface area contributed by atoms with Gasteiger partial charge in [0.1, 0.15) is 6.61 Å². The molecule has 100 valence electrons. The molecule has 2 rings (SSSR count). The molecule has 0 aromatic heterocycles. The Kier molecular flexibility index (Phi) is 4.02. The first-order chi connectivity index (χ1) is 9.58. The highest BCUT2D eigenvalue weighted by molar-refractivity contribution is 5.90. The third kappa shape index (κ3) is 3.36. The van der Waals surface area contributed by atoms with Crippen molar-refractivity contribution < 1.29 is 9.53 Å². The summed E-state index contributed by atoms with van der Waals surface area (Å²) in [5.41, 5.74) is 9.00. The summed E-state index contributed by atoms with van der Waals surface area (Å²) in [7, 11) is 0. The van der Waals surface area contributed by atoms with E-state index >= 15 is 0 Å². The number of nitriles is 1. The predicted molar refractivity (Wildman–Crippen MR) is 75.9 cm³/mol. The van der Waals surface area contributed by atoms with Gasteiger partial charge in [0, 0.05) is 5.69 Å². The third-order valence-corrected chi connectivity index (χ3v) is 2.79. The lowest BCUT2D eigenvalue weighted by Crippen LogP contribution is -2.06. The number of esters is 1. The van der Waals surface area contributed by atoms with E-state index in [2.05, 4.69) is 0 Å². The van der Waals surface area contributed by atoms with E-state index in [-0.39, 0.29) is 6.61 Å². The molecule has 2 aromatic rings. The number of nitrogens with two attached hydrogens (primary N) is 1. The molecule has 0 saturated carbocycles. The molecule has 0 radical (unpaired) electrons. The number of nitrogen functional groups attached to an aromatic ring is 1. The minimum atomic E-state index is -0.412. The summed E-state index contributed by atoms with van der Waals surface area (Å²) < 4.78 is 5.22. The van der Waals surface area contributed by atoms with Crippen molar-refractivity contribution in [3.8, 4) is 6.07 Å². The van der Waals surface area contributed by atoms with Crippen LogP contribution in [0.3, 0.4) is 0 Å². The smallest absolute Gasteiger partial charge is 0.338 e. The van der Waals surface area contributed by atoms with Gasteiger partial charge in [-0.05, 0) is 48.4 Å². The predicted octanol–water partition coefficient (Wildman–Crippen LogP) is 2.81. The van der Waals surface area contributed by atoms with E-state index in [1.54, 1.807) is 42.5 Å². The Morgan fingerprint density at radius 2 is 1.95 bits per heavy atom. The molecule has 0 fully saturated rings. The van der Waals surface area contributed by atoms with Crippen LogP contribution in [0.2, 0.25) is 0 Å². The Hall–Kier alpha value is -2.80. The van der Waals surface area contributed by atoms with Crippen molar-refractivity contribution in [1.82, 2.24) is 0 Å². The normalized spacial score (nSPS) is 9.80. The summed E-state index contributed by atoms with van der Waals surface area (Å²) in [6.45, 7) is 2.03. The molecular weight excluding hydrogens is 252 g/mol. The quantitative estimate of drug-likeness (QED) is 0.684. The molecule has 2 aromatic carbocycles. The van der Waals surface area contributed by atoms with E-state index in [0.717, 1.165) is 11.1 Å². The molecule has 0 amide bonds. The summed E-state index contributed by atoms with van der Waals surface area (Å²) in [5.74, 6) is -0.412. The van der Waals surface area contributed by atoms with Crippen LogP contribution in [-0.2, 0) is 11.3 Å². The Bertz CT molecular complexity index is 650. The van der Waals surface area contributed by atoms with Gasteiger partial charge >= 0.3 is 5.97 Å². The Morgan fingerprint density at radius 3 is 2.55 bits per heavy atom. The van der Waals surface area contributed by atoms with Crippen LogP contribution in [0.4, 0.5) is 5.69 Å². The van der Waals surface area contributed by atoms with E-state index < -0.39 is 5.97 Å². The number of hydrogen-bond acceptors (Lipinski definition) is 4. The van der Waals surface area contributed by atoms with E-state index in [1.165, 1.54) is 0 Å². The number of rotatable bonds is 3. The molecule has 0 bridgehead atoms. The van der Waals surface area contributed by atoms with Crippen molar-refractivity contribution in [2.45, 2.75) is 13.5 Å². The lowest BCUT2D eigenvalue weighted by Gasteiger charge is -2.06. The van der Waals surface area contributed by atoms with Crippen LogP contribution in [-0.4, -0.2) is 5.97 Å². The van der Waals surface area contributed by atoms with Gasteiger partial charge in [0.15, 0.2) is 0 Å². The van der Waals surface area contributed by atoms with Crippen LogP contribution >= 0.6 is 0 Å². The zero-order valence-electron chi connectivity index (χ0n) is 11.1. The molecule has 0 saturated heterocycles. The zero-order chi connectivity index (χ0) is 14.5.